The van der Waals surface area contributed by atoms with Gasteiger partial charge in [-0.1, -0.05) is 72.8 Å². The molecule has 1 saturated carbocycles. The van der Waals surface area contributed by atoms with Crippen LogP contribution in [-0.4, -0.2) is 38.4 Å². The van der Waals surface area contributed by atoms with Gasteiger partial charge >= 0.3 is 12.1 Å². The Labute approximate surface area is 262 Å². The predicted octanol–water partition coefficient (Wildman–Crippen LogP) is 8.16. The number of esters is 1. The minimum absolute atomic E-state index is 0.0632. The summed E-state index contributed by atoms with van der Waals surface area (Å²) < 4.78 is 28.4. The van der Waals surface area contributed by atoms with Crippen LogP contribution in [0.5, 0.6) is 23.0 Å². The van der Waals surface area contributed by atoms with Gasteiger partial charge in [0.05, 0.1) is 29.9 Å². The van der Waals surface area contributed by atoms with Crippen LogP contribution in [0.4, 0.5) is 4.79 Å². The summed E-state index contributed by atoms with van der Waals surface area (Å²) in [6.07, 6.45) is 5.72. The van der Waals surface area contributed by atoms with Crippen LogP contribution in [0.15, 0.2) is 60.7 Å². The summed E-state index contributed by atoms with van der Waals surface area (Å²) >= 11 is 13.1. The van der Waals surface area contributed by atoms with E-state index >= 15 is 0 Å². The summed E-state index contributed by atoms with van der Waals surface area (Å²) in [4.78, 5) is 23.2. The van der Waals surface area contributed by atoms with Crippen LogP contribution in [0, 0.1) is 5.92 Å². The lowest BCUT2D eigenvalue weighted by molar-refractivity contribution is -0.141. The number of amides is 1. The molecule has 1 aliphatic rings. The Balaban J connectivity index is 1.39. The number of halogens is 2. The average molecular weight is 631 g/mol. The molecular weight excluding hydrogens is 593 g/mol. The first kappa shape index (κ1) is 32.3. The Kier molecular flexibility index (Phi) is 12.7. The monoisotopic (exact) mass is 629 g/mol. The average Bonchev–Trinajstić information content (AvgIpc) is 3.01. The summed E-state index contributed by atoms with van der Waals surface area (Å²) in [5.74, 6) is 2.02. The number of carbonyl (C=O) groups is 2. The van der Waals surface area contributed by atoms with E-state index in [1.165, 1.54) is 19.3 Å². The van der Waals surface area contributed by atoms with Crippen LogP contribution in [0.1, 0.15) is 50.2 Å². The van der Waals surface area contributed by atoms with Crippen molar-refractivity contribution in [3.8, 4) is 23.0 Å². The van der Waals surface area contributed by atoms with Crippen molar-refractivity contribution < 1.29 is 33.3 Å². The maximum Gasteiger partial charge on any atom is 0.407 e. The van der Waals surface area contributed by atoms with E-state index in [0.29, 0.717) is 58.6 Å². The minimum Gasteiger partial charge on any atom is -0.489 e. The SMILES string of the molecule is CCOC(=O)CNC(=O)OCCc1cc(Cl)c(Oc2ccc(OCc3ccccc3)c(OCC3CCCCC3)c2)c(Cl)c1. The van der Waals surface area contributed by atoms with E-state index in [4.69, 9.17) is 46.9 Å². The second-order valence-corrected chi connectivity index (χ2v) is 11.0. The van der Waals surface area contributed by atoms with Gasteiger partial charge in [0.1, 0.15) is 18.9 Å². The highest BCUT2D eigenvalue weighted by molar-refractivity contribution is 6.37. The third kappa shape index (κ3) is 10.6. The molecule has 0 radical (unpaired) electrons. The molecule has 0 saturated heterocycles. The molecule has 0 unspecified atom stereocenters. The number of ether oxygens (including phenoxy) is 5. The predicted molar refractivity (Wildman–Crippen MR) is 166 cm³/mol. The smallest absolute Gasteiger partial charge is 0.407 e. The summed E-state index contributed by atoms with van der Waals surface area (Å²) in [6, 6.07) is 18.8. The van der Waals surface area contributed by atoms with E-state index in [1.54, 1.807) is 31.2 Å². The van der Waals surface area contributed by atoms with Crippen molar-refractivity contribution in [2.45, 2.75) is 52.1 Å². The molecule has 1 amide bonds. The van der Waals surface area contributed by atoms with Crippen LogP contribution < -0.4 is 19.5 Å². The van der Waals surface area contributed by atoms with Crippen molar-refractivity contribution in [3.63, 3.8) is 0 Å². The number of hydrogen-bond donors (Lipinski definition) is 1. The number of rotatable bonds is 14. The van der Waals surface area contributed by atoms with Gasteiger partial charge in [0.25, 0.3) is 0 Å². The Morgan fingerprint density at radius 2 is 1.60 bits per heavy atom. The lowest BCUT2D eigenvalue weighted by Gasteiger charge is -2.23. The van der Waals surface area contributed by atoms with E-state index < -0.39 is 12.1 Å². The summed E-state index contributed by atoms with van der Waals surface area (Å²) in [5, 5.41) is 2.96. The van der Waals surface area contributed by atoms with Crippen molar-refractivity contribution in [1.29, 1.82) is 0 Å². The van der Waals surface area contributed by atoms with Crippen LogP contribution >= 0.6 is 23.2 Å². The maximum absolute atomic E-state index is 11.8. The molecule has 4 rings (SSSR count). The molecule has 10 heteroatoms. The minimum atomic E-state index is -0.720. The molecular formula is C33H37Cl2NO7. The lowest BCUT2D eigenvalue weighted by Crippen LogP contribution is -2.31. The number of nitrogens with one attached hydrogen (secondary N) is 1. The van der Waals surface area contributed by atoms with Crippen LogP contribution in [0.3, 0.4) is 0 Å². The van der Waals surface area contributed by atoms with Gasteiger partial charge in [-0.2, -0.15) is 0 Å². The highest BCUT2D eigenvalue weighted by Crippen LogP contribution is 2.40. The van der Waals surface area contributed by atoms with Crippen molar-refractivity contribution in [2.24, 2.45) is 5.92 Å². The summed E-state index contributed by atoms with van der Waals surface area (Å²) in [7, 11) is 0. The van der Waals surface area contributed by atoms with E-state index in [9.17, 15) is 9.59 Å². The number of carbonyl (C=O) groups excluding carboxylic acids is 2. The highest BCUT2D eigenvalue weighted by Gasteiger charge is 2.18. The fourth-order valence-corrected chi connectivity index (χ4v) is 5.33. The number of hydrogen-bond acceptors (Lipinski definition) is 7. The summed E-state index contributed by atoms with van der Waals surface area (Å²) in [6.45, 7) is 2.76. The Morgan fingerprint density at radius 3 is 2.33 bits per heavy atom. The van der Waals surface area contributed by atoms with Gasteiger partial charge < -0.3 is 29.0 Å². The van der Waals surface area contributed by atoms with E-state index in [2.05, 4.69) is 5.32 Å². The standard InChI is InChI=1S/C33H37Cl2NO7/c1-2-39-31(37)20-36-33(38)40-16-15-25-17-27(34)32(28(35)18-25)43-26-13-14-29(41-21-23-9-5-3-6-10-23)30(19-26)42-22-24-11-7-4-8-12-24/h3,5-6,9-10,13-14,17-19,24H,2,4,7-8,11-12,15-16,20-22H2,1H3,(H,36,38). The van der Waals surface area contributed by atoms with E-state index in [1.807, 2.05) is 36.4 Å². The van der Waals surface area contributed by atoms with Gasteiger partial charge in [0.15, 0.2) is 17.2 Å². The maximum atomic E-state index is 11.8. The van der Waals surface area contributed by atoms with Crippen LogP contribution in [0.25, 0.3) is 0 Å². The number of alkyl carbamates (subject to hydrolysis) is 1. The van der Waals surface area contributed by atoms with Crippen LogP contribution in [-0.2, 0) is 27.3 Å². The molecule has 0 aliphatic heterocycles. The fraction of sp³-hybridized carbons (Fsp3) is 0.394. The Hall–Kier alpha value is -3.62. The molecule has 43 heavy (non-hydrogen) atoms. The van der Waals surface area contributed by atoms with E-state index in [0.717, 1.165) is 24.0 Å². The highest BCUT2D eigenvalue weighted by atomic mass is 35.5. The zero-order valence-corrected chi connectivity index (χ0v) is 25.8. The molecule has 1 N–H and O–H groups in total. The van der Waals surface area contributed by atoms with Crippen LogP contribution in [0.2, 0.25) is 10.0 Å². The molecule has 230 valence electrons. The van der Waals surface area contributed by atoms with Gasteiger partial charge in [-0.25, -0.2) is 4.79 Å². The molecule has 3 aromatic rings. The molecule has 3 aromatic carbocycles. The molecule has 1 aliphatic carbocycles. The van der Waals surface area contributed by atoms with Crippen molar-refractivity contribution in [2.75, 3.05) is 26.4 Å². The second-order valence-electron chi connectivity index (χ2n) is 10.2. The lowest BCUT2D eigenvalue weighted by atomic mass is 9.90. The topological polar surface area (TPSA) is 92.3 Å². The van der Waals surface area contributed by atoms with Crippen molar-refractivity contribution in [3.05, 3.63) is 81.8 Å². The van der Waals surface area contributed by atoms with Gasteiger partial charge in [0.2, 0.25) is 0 Å². The molecule has 1 fully saturated rings. The fourth-order valence-electron chi connectivity index (χ4n) is 4.72. The van der Waals surface area contributed by atoms with Gasteiger partial charge in [-0.15, -0.1) is 0 Å². The normalized spacial score (nSPS) is 13.2. The van der Waals surface area contributed by atoms with Gasteiger partial charge in [0, 0.05) is 12.5 Å². The molecule has 0 bridgehead atoms. The molecule has 0 spiro atoms. The molecule has 0 heterocycles. The molecule has 0 aromatic heterocycles. The van der Waals surface area contributed by atoms with Gasteiger partial charge in [-0.05, 0) is 61.1 Å². The second kappa shape index (κ2) is 16.9. The Bertz CT molecular complexity index is 1320. The van der Waals surface area contributed by atoms with Crippen molar-refractivity contribution in [1.82, 2.24) is 5.32 Å². The van der Waals surface area contributed by atoms with Gasteiger partial charge in [-0.3, -0.25) is 4.79 Å². The third-order valence-electron chi connectivity index (χ3n) is 6.94. The third-order valence-corrected chi connectivity index (χ3v) is 7.50. The largest absolute Gasteiger partial charge is 0.489 e. The molecule has 8 nitrogen and oxygen atoms in total. The first-order valence-electron chi connectivity index (χ1n) is 14.6. The first-order chi connectivity index (χ1) is 20.9. The first-order valence-corrected chi connectivity index (χ1v) is 15.3. The Morgan fingerprint density at radius 1 is 0.860 bits per heavy atom. The summed E-state index contributed by atoms with van der Waals surface area (Å²) in [5.41, 5.74) is 1.81. The number of benzene rings is 3. The zero-order valence-electron chi connectivity index (χ0n) is 24.2. The zero-order chi connectivity index (χ0) is 30.4. The molecule has 0 atom stereocenters. The van der Waals surface area contributed by atoms with E-state index in [-0.39, 0.29) is 19.8 Å². The quantitative estimate of drug-likeness (QED) is 0.180. The van der Waals surface area contributed by atoms with Crippen molar-refractivity contribution >= 4 is 35.3 Å².